The fourth-order valence-electron chi connectivity index (χ4n) is 3.57. The molecular weight excluding hydrogens is 326 g/mol. The predicted octanol–water partition coefficient (Wildman–Crippen LogP) is 1.64. The van der Waals surface area contributed by atoms with Crippen LogP contribution in [0.3, 0.4) is 0 Å². The first-order valence-corrected chi connectivity index (χ1v) is 10.8. The van der Waals surface area contributed by atoms with E-state index in [2.05, 4.69) is 15.2 Å². The van der Waals surface area contributed by atoms with Gasteiger partial charge in [-0.05, 0) is 45.2 Å². The zero-order valence-electron chi connectivity index (χ0n) is 14.6. The van der Waals surface area contributed by atoms with Crippen LogP contribution in [-0.2, 0) is 16.6 Å². The molecule has 2 aliphatic heterocycles. The average Bonchev–Trinajstić information content (AvgIpc) is 3.26. The van der Waals surface area contributed by atoms with Crippen molar-refractivity contribution in [3.05, 3.63) is 11.9 Å². The van der Waals surface area contributed by atoms with E-state index in [0.29, 0.717) is 13.1 Å². The van der Waals surface area contributed by atoms with Crippen molar-refractivity contribution in [3.8, 4) is 0 Å². The van der Waals surface area contributed by atoms with Gasteiger partial charge in [0.05, 0.1) is 23.7 Å². The topological polar surface area (TPSA) is 71.3 Å². The summed E-state index contributed by atoms with van der Waals surface area (Å²) in [6, 6.07) is 0.266. The Morgan fingerprint density at radius 3 is 2.54 bits per heavy atom. The first-order chi connectivity index (χ1) is 11.6. The predicted molar refractivity (Wildman–Crippen MR) is 93.1 cm³/mol. The van der Waals surface area contributed by atoms with Crippen LogP contribution < -0.4 is 0 Å². The van der Waals surface area contributed by atoms with Crippen LogP contribution in [0.1, 0.15) is 57.2 Å². The van der Waals surface area contributed by atoms with E-state index >= 15 is 0 Å². The molecule has 0 N–H and O–H groups in total. The smallest absolute Gasteiger partial charge is 0.214 e. The molecule has 136 valence electrons. The van der Waals surface area contributed by atoms with Gasteiger partial charge in [0, 0.05) is 19.6 Å². The maximum atomic E-state index is 12.3. The molecular formula is C16H29N5O2S. The Hall–Kier alpha value is -0.990. The normalized spacial score (nSPS) is 21.5. The number of nitrogens with zero attached hydrogens (tertiary/aromatic N) is 5. The van der Waals surface area contributed by atoms with E-state index in [9.17, 15) is 8.42 Å². The molecule has 0 unspecified atom stereocenters. The van der Waals surface area contributed by atoms with Gasteiger partial charge in [0.2, 0.25) is 10.0 Å². The molecule has 24 heavy (non-hydrogen) atoms. The summed E-state index contributed by atoms with van der Waals surface area (Å²) in [5.74, 6) is 0.275. The molecule has 0 radical (unpaired) electrons. The molecule has 0 bridgehead atoms. The second-order valence-electron chi connectivity index (χ2n) is 6.97. The molecule has 2 fully saturated rings. The third-order valence-corrected chi connectivity index (χ3v) is 7.05. The van der Waals surface area contributed by atoms with Crippen LogP contribution in [0.25, 0.3) is 0 Å². The van der Waals surface area contributed by atoms with Crippen molar-refractivity contribution in [2.45, 2.75) is 58.0 Å². The van der Waals surface area contributed by atoms with Gasteiger partial charge in [-0.15, -0.1) is 5.10 Å². The third kappa shape index (κ3) is 4.34. The standard InChI is InChI=1S/C16H29N5O2S/c1-2-3-12-24(22,23)20-10-6-16(7-11-20)21-14-15(17-18-21)13-19-8-4-5-9-19/h14,16H,2-13H2,1H3. The van der Waals surface area contributed by atoms with Gasteiger partial charge < -0.3 is 0 Å². The lowest BCUT2D eigenvalue weighted by Crippen LogP contribution is -2.40. The van der Waals surface area contributed by atoms with Gasteiger partial charge in [-0.3, -0.25) is 4.90 Å². The van der Waals surface area contributed by atoms with Gasteiger partial charge in [-0.2, -0.15) is 0 Å². The van der Waals surface area contributed by atoms with Crippen LogP contribution in [0.4, 0.5) is 0 Å². The van der Waals surface area contributed by atoms with Crippen molar-refractivity contribution < 1.29 is 8.42 Å². The Morgan fingerprint density at radius 2 is 1.88 bits per heavy atom. The van der Waals surface area contributed by atoms with E-state index in [0.717, 1.165) is 51.0 Å². The highest BCUT2D eigenvalue weighted by atomic mass is 32.2. The number of sulfonamides is 1. The molecule has 2 aliphatic rings. The number of hydrogen-bond acceptors (Lipinski definition) is 5. The van der Waals surface area contributed by atoms with Gasteiger partial charge in [0.15, 0.2) is 0 Å². The maximum absolute atomic E-state index is 12.3. The molecule has 0 spiro atoms. The van der Waals surface area contributed by atoms with Crippen molar-refractivity contribution in [3.63, 3.8) is 0 Å². The Bertz CT molecular complexity index is 616. The molecule has 1 aromatic rings. The molecule has 2 saturated heterocycles. The van der Waals surface area contributed by atoms with Gasteiger partial charge in [0.25, 0.3) is 0 Å². The molecule has 3 rings (SSSR count). The molecule has 0 saturated carbocycles. The Balaban J connectivity index is 1.52. The molecule has 1 aromatic heterocycles. The second-order valence-corrected chi connectivity index (χ2v) is 9.06. The minimum absolute atomic E-state index is 0.266. The van der Waals surface area contributed by atoms with E-state index in [1.54, 1.807) is 4.31 Å². The third-order valence-electron chi connectivity index (χ3n) is 5.09. The summed E-state index contributed by atoms with van der Waals surface area (Å²) in [6.07, 6.45) is 7.89. The number of likely N-dealkylation sites (tertiary alicyclic amines) is 1. The summed E-state index contributed by atoms with van der Waals surface area (Å²) in [6.45, 7) is 6.40. The summed E-state index contributed by atoms with van der Waals surface area (Å²) >= 11 is 0. The fraction of sp³-hybridized carbons (Fsp3) is 0.875. The zero-order valence-corrected chi connectivity index (χ0v) is 15.4. The maximum Gasteiger partial charge on any atom is 0.214 e. The van der Waals surface area contributed by atoms with Crippen LogP contribution in [0.5, 0.6) is 0 Å². The molecule has 7 nitrogen and oxygen atoms in total. The molecule has 0 atom stereocenters. The second kappa shape index (κ2) is 7.93. The highest BCUT2D eigenvalue weighted by Crippen LogP contribution is 2.24. The number of piperidine rings is 1. The average molecular weight is 356 g/mol. The zero-order chi connectivity index (χ0) is 17.0. The van der Waals surface area contributed by atoms with Crippen LogP contribution in [-0.4, -0.2) is 64.5 Å². The van der Waals surface area contributed by atoms with Crippen molar-refractivity contribution >= 4 is 10.0 Å². The molecule has 0 aromatic carbocycles. The minimum atomic E-state index is -3.08. The van der Waals surface area contributed by atoms with Gasteiger partial charge >= 0.3 is 0 Å². The quantitative estimate of drug-likeness (QED) is 0.743. The summed E-state index contributed by atoms with van der Waals surface area (Å²) in [4.78, 5) is 2.41. The largest absolute Gasteiger partial charge is 0.297 e. The first kappa shape index (κ1) is 17.8. The summed E-state index contributed by atoms with van der Waals surface area (Å²) in [5, 5.41) is 8.59. The van der Waals surface area contributed by atoms with Gasteiger partial charge in [0.1, 0.15) is 0 Å². The number of aromatic nitrogens is 3. The van der Waals surface area contributed by atoms with Crippen molar-refractivity contribution in [1.82, 2.24) is 24.2 Å². The Labute approximate surface area is 145 Å². The lowest BCUT2D eigenvalue weighted by atomic mass is 10.1. The monoisotopic (exact) mass is 355 g/mol. The van der Waals surface area contributed by atoms with Gasteiger partial charge in [-0.1, -0.05) is 18.6 Å². The Morgan fingerprint density at radius 1 is 1.17 bits per heavy atom. The van der Waals surface area contributed by atoms with Crippen LogP contribution in [0.2, 0.25) is 0 Å². The van der Waals surface area contributed by atoms with E-state index in [4.69, 9.17) is 0 Å². The minimum Gasteiger partial charge on any atom is -0.297 e. The first-order valence-electron chi connectivity index (χ1n) is 9.19. The molecule has 0 amide bonds. The van der Waals surface area contributed by atoms with Crippen molar-refractivity contribution in [2.75, 3.05) is 31.9 Å². The summed E-state index contributed by atoms with van der Waals surface area (Å²) in [7, 11) is -3.08. The highest BCUT2D eigenvalue weighted by molar-refractivity contribution is 7.89. The lowest BCUT2D eigenvalue weighted by molar-refractivity contribution is 0.258. The van der Waals surface area contributed by atoms with E-state index in [-0.39, 0.29) is 11.8 Å². The van der Waals surface area contributed by atoms with E-state index in [1.165, 1.54) is 12.8 Å². The SMILES string of the molecule is CCCCS(=O)(=O)N1CCC(n2cc(CN3CCCC3)nn2)CC1. The van der Waals surface area contributed by atoms with Crippen molar-refractivity contribution in [2.24, 2.45) is 0 Å². The molecule has 8 heteroatoms. The Kier molecular flexibility index (Phi) is 5.89. The number of hydrogen-bond donors (Lipinski definition) is 0. The van der Waals surface area contributed by atoms with Crippen LogP contribution in [0.15, 0.2) is 6.20 Å². The van der Waals surface area contributed by atoms with Crippen LogP contribution >= 0.6 is 0 Å². The highest BCUT2D eigenvalue weighted by Gasteiger charge is 2.28. The van der Waals surface area contributed by atoms with E-state index in [1.807, 2.05) is 17.8 Å². The lowest BCUT2D eigenvalue weighted by Gasteiger charge is -2.31. The number of rotatable bonds is 7. The van der Waals surface area contributed by atoms with E-state index < -0.39 is 10.0 Å². The fourth-order valence-corrected chi connectivity index (χ4v) is 5.25. The molecule has 3 heterocycles. The van der Waals surface area contributed by atoms with Crippen LogP contribution in [0, 0.1) is 0 Å². The summed E-state index contributed by atoms with van der Waals surface area (Å²) in [5.41, 5.74) is 1.02. The van der Waals surface area contributed by atoms with Gasteiger partial charge in [-0.25, -0.2) is 17.4 Å². The number of unbranched alkanes of at least 4 members (excludes halogenated alkanes) is 1. The molecule has 0 aliphatic carbocycles. The van der Waals surface area contributed by atoms with Crippen molar-refractivity contribution in [1.29, 1.82) is 0 Å². The summed E-state index contributed by atoms with van der Waals surface area (Å²) < 4.78 is 28.1.